The number of pyridine rings is 1. The first kappa shape index (κ1) is 16.2. The average Bonchev–Trinajstić information content (AvgIpc) is 3.33. The first-order valence-corrected chi connectivity index (χ1v) is 9.71. The largest absolute Gasteiger partial charge is 0.375 e. The molecule has 4 heteroatoms. The fraction of sp³-hybridized carbons (Fsp3) is 0.545. The van der Waals surface area contributed by atoms with Crippen LogP contribution in [0.2, 0.25) is 0 Å². The number of fused-ring (bicyclic) bond motifs is 1. The molecule has 2 aromatic rings. The predicted molar refractivity (Wildman–Crippen MR) is 101 cm³/mol. The molecular weight excluding hydrogens is 324 g/mol. The molecule has 1 amide bonds. The maximum atomic E-state index is 13.1. The number of nitrogens with one attached hydrogen (secondary N) is 1. The number of rotatable bonds is 3. The molecule has 2 aliphatic carbocycles. The Hall–Kier alpha value is -1.94. The van der Waals surface area contributed by atoms with Crippen molar-refractivity contribution in [2.24, 2.45) is 5.41 Å². The van der Waals surface area contributed by atoms with E-state index >= 15 is 0 Å². The van der Waals surface area contributed by atoms with Crippen LogP contribution < -0.4 is 5.32 Å². The Balaban J connectivity index is 1.32. The molecule has 136 valence electrons. The lowest BCUT2D eigenvalue weighted by molar-refractivity contribution is -0.126. The quantitative estimate of drug-likeness (QED) is 0.918. The molecule has 1 aromatic carbocycles. The normalized spacial score (nSPS) is 30.9. The maximum absolute atomic E-state index is 13.1. The van der Waals surface area contributed by atoms with Crippen molar-refractivity contribution in [2.45, 2.75) is 63.0 Å². The molecule has 4 nitrogen and oxygen atoms in total. The van der Waals surface area contributed by atoms with Crippen molar-refractivity contribution in [3.63, 3.8) is 0 Å². The molecule has 0 unspecified atom stereocenters. The van der Waals surface area contributed by atoms with Gasteiger partial charge in [0, 0.05) is 23.0 Å². The summed E-state index contributed by atoms with van der Waals surface area (Å²) in [6.07, 6.45) is 6.90. The van der Waals surface area contributed by atoms with Gasteiger partial charge in [-0.1, -0.05) is 18.2 Å². The highest BCUT2D eigenvalue weighted by atomic mass is 16.5. The molecule has 5 rings (SSSR count). The van der Waals surface area contributed by atoms with Crippen molar-refractivity contribution in [3.05, 3.63) is 42.1 Å². The lowest BCUT2D eigenvalue weighted by atomic mass is 9.63. The topological polar surface area (TPSA) is 51.2 Å². The van der Waals surface area contributed by atoms with Crippen molar-refractivity contribution in [3.8, 4) is 0 Å². The summed E-state index contributed by atoms with van der Waals surface area (Å²) in [4.78, 5) is 17.6. The third-order valence-corrected chi connectivity index (χ3v) is 6.61. The van der Waals surface area contributed by atoms with Crippen molar-refractivity contribution in [2.75, 3.05) is 6.61 Å². The summed E-state index contributed by atoms with van der Waals surface area (Å²) in [5, 5.41) is 4.46. The number of ether oxygens (including phenoxy) is 1. The molecule has 1 aromatic heterocycles. The summed E-state index contributed by atoms with van der Waals surface area (Å²) in [6.45, 7) is 5.18. The molecule has 26 heavy (non-hydrogen) atoms. The van der Waals surface area contributed by atoms with Crippen molar-refractivity contribution in [1.29, 1.82) is 0 Å². The van der Waals surface area contributed by atoms with Gasteiger partial charge in [-0.15, -0.1) is 0 Å². The predicted octanol–water partition coefficient (Wildman–Crippen LogP) is 3.73. The van der Waals surface area contributed by atoms with E-state index in [1.54, 1.807) is 0 Å². The van der Waals surface area contributed by atoms with Crippen molar-refractivity contribution in [1.82, 2.24) is 10.3 Å². The van der Waals surface area contributed by atoms with Gasteiger partial charge in [0.05, 0.1) is 23.1 Å². The van der Waals surface area contributed by atoms with Crippen LogP contribution in [0.15, 0.2) is 36.5 Å². The Morgan fingerprint density at radius 1 is 1.19 bits per heavy atom. The van der Waals surface area contributed by atoms with E-state index in [1.165, 1.54) is 0 Å². The lowest BCUT2D eigenvalue weighted by Crippen LogP contribution is -2.53. The minimum Gasteiger partial charge on any atom is -0.375 e. The first-order chi connectivity index (χ1) is 12.4. The van der Waals surface area contributed by atoms with Gasteiger partial charge in [0.2, 0.25) is 5.91 Å². The highest BCUT2D eigenvalue weighted by Gasteiger charge is 2.56. The van der Waals surface area contributed by atoms with Crippen LogP contribution in [0, 0.1) is 5.41 Å². The summed E-state index contributed by atoms with van der Waals surface area (Å²) in [5.41, 5.74) is 2.04. The van der Waals surface area contributed by atoms with E-state index in [1.807, 2.05) is 30.5 Å². The summed E-state index contributed by atoms with van der Waals surface area (Å²) >= 11 is 0. The number of aromatic nitrogens is 1. The molecule has 2 heterocycles. The Kier molecular flexibility index (Phi) is 3.31. The maximum Gasteiger partial charge on any atom is 0.230 e. The smallest absolute Gasteiger partial charge is 0.230 e. The fourth-order valence-corrected chi connectivity index (χ4v) is 5.28. The third-order valence-electron chi connectivity index (χ3n) is 6.61. The van der Waals surface area contributed by atoms with Gasteiger partial charge in [-0.2, -0.15) is 0 Å². The second-order valence-corrected chi connectivity index (χ2v) is 9.26. The second-order valence-electron chi connectivity index (χ2n) is 9.26. The summed E-state index contributed by atoms with van der Waals surface area (Å²) in [7, 11) is 0. The van der Waals surface area contributed by atoms with Gasteiger partial charge in [0.1, 0.15) is 0 Å². The van der Waals surface area contributed by atoms with Gasteiger partial charge in [0.25, 0.3) is 0 Å². The van der Waals surface area contributed by atoms with Crippen LogP contribution in [0.5, 0.6) is 0 Å². The molecule has 0 radical (unpaired) electrons. The van der Waals surface area contributed by atoms with E-state index in [9.17, 15) is 4.79 Å². The van der Waals surface area contributed by atoms with Gasteiger partial charge in [-0.25, -0.2) is 0 Å². The third kappa shape index (κ3) is 2.46. The van der Waals surface area contributed by atoms with Gasteiger partial charge in [0.15, 0.2) is 0 Å². The van der Waals surface area contributed by atoms with E-state index in [0.717, 1.165) is 55.2 Å². The Labute approximate surface area is 154 Å². The number of amides is 1. The van der Waals surface area contributed by atoms with Gasteiger partial charge in [-0.3, -0.25) is 9.78 Å². The van der Waals surface area contributed by atoms with Crippen molar-refractivity contribution < 1.29 is 9.53 Å². The number of hydrogen-bond acceptors (Lipinski definition) is 3. The number of hydrogen-bond donors (Lipinski definition) is 1. The van der Waals surface area contributed by atoms with Gasteiger partial charge in [-0.05, 0) is 63.6 Å². The minimum absolute atomic E-state index is 0.0113. The SMILES string of the molecule is CC1(C)CC2(CO1)CC(NC(=O)C1(c3ccnc4ccccc34)CC1)C2. The number of benzene rings is 1. The van der Waals surface area contributed by atoms with E-state index in [-0.39, 0.29) is 16.9 Å². The van der Waals surface area contributed by atoms with Crippen molar-refractivity contribution >= 4 is 16.8 Å². The lowest BCUT2D eigenvalue weighted by Gasteiger charge is -2.45. The minimum atomic E-state index is -0.350. The zero-order valence-corrected chi connectivity index (χ0v) is 15.5. The van der Waals surface area contributed by atoms with Crippen LogP contribution in [0.4, 0.5) is 0 Å². The second kappa shape index (κ2) is 5.29. The zero-order valence-electron chi connectivity index (χ0n) is 15.5. The standard InChI is InChI=1S/C22H26N2O2/c1-20(2)13-21(14-26-20)11-15(12-21)24-19(25)22(8-9-22)17-7-10-23-18-6-4-3-5-16(17)18/h3-7,10,15H,8-9,11-14H2,1-2H3,(H,24,25). The molecule has 3 aliphatic rings. The number of carbonyl (C=O) groups excluding carboxylic acids is 1. The molecule has 3 fully saturated rings. The molecule has 2 saturated carbocycles. The van der Waals surface area contributed by atoms with Crippen LogP contribution in [0.25, 0.3) is 10.9 Å². The highest BCUT2D eigenvalue weighted by Crippen LogP contribution is 2.54. The van der Waals surface area contributed by atoms with E-state index in [2.05, 4.69) is 30.2 Å². The van der Waals surface area contributed by atoms with Crippen LogP contribution in [0.1, 0.15) is 51.5 Å². The monoisotopic (exact) mass is 350 g/mol. The van der Waals surface area contributed by atoms with Crippen LogP contribution in [0.3, 0.4) is 0 Å². The van der Waals surface area contributed by atoms with E-state index in [0.29, 0.717) is 11.5 Å². The molecule has 0 atom stereocenters. The van der Waals surface area contributed by atoms with Gasteiger partial charge >= 0.3 is 0 Å². The molecule has 1 saturated heterocycles. The molecule has 0 bridgehead atoms. The molecule has 1 N–H and O–H groups in total. The Morgan fingerprint density at radius 2 is 1.96 bits per heavy atom. The van der Waals surface area contributed by atoms with Crippen LogP contribution in [-0.4, -0.2) is 29.1 Å². The number of nitrogens with zero attached hydrogens (tertiary/aromatic N) is 1. The Morgan fingerprint density at radius 3 is 2.65 bits per heavy atom. The van der Waals surface area contributed by atoms with Crippen LogP contribution >= 0.6 is 0 Å². The molecule has 1 spiro atoms. The first-order valence-electron chi connectivity index (χ1n) is 9.71. The molecule has 1 aliphatic heterocycles. The zero-order chi connectivity index (χ0) is 18.0. The highest BCUT2D eigenvalue weighted by molar-refractivity contribution is 5.97. The summed E-state index contributed by atoms with van der Waals surface area (Å²) in [6, 6.07) is 10.5. The Bertz CT molecular complexity index is 873. The summed E-state index contributed by atoms with van der Waals surface area (Å²) in [5.74, 6) is 0.201. The summed E-state index contributed by atoms with van der Waals surface area (Å²) < 4.78 is 5.93. The number of carbonyl (C=O) groups is 1. The number of para-hydroxylation sites is 1. The average molecular weight is 350 g/mol. The van der Waals surface area contributed by atoms with Crippen LogP contribution in [-0.2, 0) is 14.9 Å². The van der Waals surface area contributed by atoms with E-state index in [4.69, 9.17) is 4.74 Å². The fourth-order valence-electron chi connectivity index (χ4n) is 5.28. The molecular formula is C22H26N2O2. The van der Waals surface area contributed by atoms with E-state index < -0.39 is 0 Å². The van der Waals surface area contributed by atoms with Gasteiger partial charge < -0.3 is 10.1 Å².